The van der Waals surface area contributed by atoms with Crippen LogP contribution in [0.4, 0.5) is 11.4 Å². The molecule has 1 fully saturated rings. The van der Waals surface area contributed by atoms with Crippen molar-refractivity contribution in [2.45, 2.75) is 52.1 Å². The molecule has 0 aromatic heterocycles. The third-order valence-corrected chi connectivity index (χ3v) is 5.13. The smallest absolute Gasteiger partial charge is 0.265 e. The van der Waals surface area contributed by atoms with Gasteiger partial charge in [0, 0.05) is 24.5 Å². The van der Waals surface area contributed by atoms with Crippen LogP contribution in [0.25, 0.3) is 0 Å². The number of nitrogens with one attached hydrogen (secondary N) is 1. The third-order valence-electron chi connectivity index (χ3n) is 5.13. The summed E-state index contributed by atoms with van der Waals surface area (Å²) in [5.74, 6) is 0.623. The lowest BCUT2D eigenvalue weighted by Gasteiger charge is -2.28. The first-order chi connectivity index (χ1) is 13.2. The van der Waals surface area contributed by atoms with Gasteiger partial charge in [0.15, 0.2) is 6.10 Å². The van der Waals surface area contributed by atoms with E-state index in [1.165, 1.54) is 30.5 Å². The van der Waals surface area contributed by atoms with E-state index in [2.05, 4.69) is 29.3 Å². The van der Waals surface area contributed by atoms with Crippen molar-refractivity contribution in [1.29, 1.82) is 0 Å². The van der Waals surface area contributed by atoms with Crippen LogP contribution in [0.5, 0.6) is 5.75 Å². The summed E-state index contributed by atoms with van der Waals surface area (Å²) in [4.78, 5) is 15.0. The maximum absolute atomic E-state index is 12.6. The Labute approximate surface area is 162 Å². The molecule has 2 aromatic rings. The van der Waals surface area contributed by atoms with Crippen LogP contribution >= 0.6 is 0 Å². The molecule has 1 N–H and O–H groups in total. The van der Waals surface area contributed by atoms with Crippen LogP contribution in [0.2, 0.25) is 0 Å². The van der Waals surface area contributed by atoms with Crippen LogP contribution in [0.15, 0.2) is 48.5 Å². The fourth-order valence-electron chi connectivity index (χ4n) is 3.42. The molecule has 0 bridgehead atoms. The molecule has 1 saturated heterocycles. The van der Waals surface area contributed by atoms with E-state index in [9.17, 15) is 4.79 Å². The lowest BCUT2D eigenvalue weighted by atomic mass is 10.1. The van der Waals surface area contributed by atoms with Crippen LogP contribution in [0.3, 0.4) is 0 Å². The zero-order valence-electron chi connectivity index (χ0n) is 16.4. The molecule has 0 aliphatic carbocycles. The Morgan fingerprint density at radius 1 is 1.00 bits per heavy atom. The highest BCUT2D eigenvalue weighted by Crippen LogP contribution is 2.22. The minimum absolute atomic E-state index is 0.109. The van der Waals surface area contributed by atoms with Crippen molar-refractivity contribution in [3.8, 4) is 5.75 Å². The molecule has 3 rings (SSSR count). The maximum Gasteiger partial charge on any atom is 0.265 e. The first-order valence-corrected chi connectivity index (χ1v) is 10.1. The van der Waals surface area contributed by atoms with Crippen LogP contribution < -0.4 is 15.0 Å². The Morgan fingerprint density at radius 2 is 1.67 bits per heavy atom. The minimum Gasteiger partial charge on any atom is -0.481 e. The average molecular weight is 367 g/mol. The molecule has 0 saturated carbocycles. The van der Waals surface area contributed by atoms with Gasteiger partial charge in [-0.1, -0.05) is 26.0 Å². The Balaban J connectivity index is 1.58. The monoisotopic (exact) mass is 366 g/mol. The number of amides is 1. The molecule has 27 heavy (non-hydrogen) atoms. The molecule has 1 heterocycles. The highest BCUT2D eigenvalue weighted by atomic mass is 16.5. The minimum atomic E-state index is -0.501. The van der Waals surface area contributed by atoms with Gasteiger partial charge >= 0.3 is 0 Å². The summed E-state index contributed by atoms with van der Waals surface area (Å²) in [6.45, 7) is 6.32. The number of nitrogens with zero attached hydrogens (tertiary/aromatic N) is 1. The number of benzene rings is 2. The lowest BCUT2D eigenvalue weighted by molar-refractivity contribution is -0.122. The molecular weight excluding hydrogens is 336 g/mol. The van der Waals surface area contributed by atoms with Crippen molar-refractivity contribution in [3.63, 3.8) is 0 Å². The van der Waals surface area contributed by atoms with E-state index in [1.54, 1.807) is 0 Å². The first kappa shape index (κ1) is 19.3. The van der Waals surface area contributed by atoms with Crippen molar-refractivity contribution in [1.82, 2.24) is 0 Å². The molecular formula is C23H30N2O2. The quantitative estimate of drug-likeness (QED) is 0.747. The predicted molar refractivity (Wildman–Crippen MR) is 112 cm³/mol. The predicted octanol–water partition coefficient (Wildman–Crippen LogP) is 5.04. The van der Waals surface area contributed by atoms with Gasteiger partial charge in [-0.2, -0.15) is 0 Å². The number of carbonyl (C=O) groups excluding carboxylic acids is 1. The van der Waals surface area contributed by atoms with Crippen molar-refractivity contribution in [3.05, 3.63) is 54.1 Å². The first-order valence-electron chi connectivity index (χ1n) is 10.1. The van der Waals surface area contributed by atoms with Gasteiger partial charge in [-0.15, -0.1) is 0 Å². The van der Waals surface area contributed by atoms with E-state index in [-0.39, 0.29) is 5.91 Å². The molecule has 2 aromatic carbocycles. The maximum atomic E-state index is 12.6. The summed E-state index contributed by atoms with van der Waals surface area (Å²) in [6, 6.07) is 16.1. The van der Waals surface area contributed by atoms with E-state index in [4.69, 9.17) is 4.74 Å². The molecule has 1 aliphatic rings. The molecule has 1 atom stereocenters. The lowest BCUT2D eigenvalue weighted by Crippen LogP contribution is -2.32. The molecule has 1 aliphatic heterocycles. The van der Waals surface area contributed by atoms with Crippen LogP contribution in [-0.2, 0) is 11.2 Å². The van der Waals surface area contributed by atoms with Crippen molar-refractivity contribution in [2.75, 3.05) is 23.3 Å². The molecule has 0 unspecified atom stereocenters. The van der Waals surface area contributed by atoms with Crippen LogP contribution in [0, 0.1) is 0 Å². The standard InChI is InChI=1S/C23H30N2O2/c1-3-18-8-14-21(15-9-18)27-22(4-2)23(26)24-19-10-12-20(13-11-19)25-16-6-5-7-17-25/h8-15,22H,3-7,16-17H2,1-2H3,(H,24,26)/t22-/m1/s1. The average Bonchev–Trinajstić information content (AvgIpc) is 2.73. The van der Waals surface area contributed by atoms with Gasteiger partial charge in [-0.3, -0.25) is 4.79 Å². The molecule has 0 spiro atoms. The van der Waals surface area contributed by atoms with E-state index >= 15 is 0 Å². The Morgan fingerprint density at radius 3 is 2.26 bits per heavy atom. The van der Waals surface area contributed by atoms with Gasteiger partial charge in [0.25, 0.3) is 5.91 Å². The van der Waals surface area contributed by atoms with Gasteiger partial charge in [0.05, 0.1) is 0 Å². The van der Waals surface area contributed by atoms with Crippen LogP contribution in [0.1, 0.15) is 45.1 Å². The zero-order valence-corrected chi connectivity index (χ0v) is 16.4. The largest absolute Gasteiger partial charge is 0.481 e. The SMILES string of the molecule is CCc1ccc(O[C@H](CC)C(=O)Nc2ccc(N3CCCCC3)cc2)cc1. The number of carbonyl (C=O) groups is 1. The highest BCUT2D eigenvalue weighted by Gasteiger charge is 2.19. The highest BCUT2D eigenvalue weighted by molar-refractivity contribution is 5.94. The van der Waals surface area contributed by atoms with Gasteiger partial charge in [0.1, 0.15) is 5.75 Å². The number of hydrogen-bond acceptors (Lipinski definition) is 3. The van der Waals surface area contributed by atoms with E-state index in [0.717, 1.165) is 30.9 Å². The summed E-state index contributed by atoms with van der Waals surface area (Å²) < 4.78 is 5.90. The van der Waals surface area contributed by atoms with E-state index < -0.39 is 6.10 Å². The normalized spacial score (nSPS) is 15.3. The number of hydrogen-bond donors (Lipinski definition) is 1. The summed E-state index contributed by atoms with van der Waals surface area (Å²) >= 11 is 0. The summed E-state index contributed by atoms with van der Waals surface area (Å²) in [5, 5.41) is 2.98. The number of anilines is 2. The molecule has 4 nitrogen and oxygen atoms in total. The Bertz CT molecular complexity index is 719. The summed E-state index contributed by atoms with van der Waals surface area (Å²) in [6.07, 6.45) is 4.95. The second-order valence-corrected chi connectivity index (χ2v) is 7.10. The third kappa shape index (κ3) is 5.25. The van der Waals surface area contributed by atoms with Crippen molar-refractivity contribution in [2.24, 2.45) is 0 Å². The number of ether oxygens (including phenoxy) is 1. The fraction of sp³-hybridized carbons (Fsp3) is 0.435. The molecule has 1 amide bonds. The summed E-state index contributed by atoms with van der Waals surface area (Å²) in [7, 11) is 0. The van der Waals surface area contributed by atoms with Gasteiger partial charge in [-0.25, -0.2) is 0 Å². The number of piperidine rings is 1. The molecule has 0 radical (unpaired) electrons. The van der Waals surface area contributed by atoms with E-state index in [0.29, 0.717) is 6.42 Å². The Kier molecular flexibility index (Phi) is 6.74. The molecule has 4 heteroatoms. The summed E-state index contributed by atoms with van der Waals surface area (Å²) in [5.41, 5.74) is 3.30. The van der Waals surface area contributed by atoms with Crippen molar-refractivity contribution < 1.29 is 9.53 Å². The van der Waals surface area contributed by atoms with Crippen molar-refractivity contribution >= 4 is 17.3 Å². The topological polar surface area (TPSA) is 41.6 Å². The van der Waals surface area contributed by atoms with Gasteiger partial charge < -0.3 is 15.0 Å². The van der Waals surface area contributed by atoms with E-state index in [1.807, 2.05) is 43.3 Å². The second-order valence-electron chi connectivity index (χ2n) is 7.10. The van der Waals surface area contributed by atoms with Gasteiger partial charge in [0.2, 0.25) is 0 Å². The fourth-order valence-corrected chi connectivity index (χ4v) is 3.42. The number of rotatable bonds is 7. The number of aryl methyl sites for hydroxylation is 1. The molecule has 144 valence electrons. The zero-order chi connectivity index (χ0) is 19.1. The van der Waals surface area contributed by atoms with Crippen LogP contribution in [-0.4, -0.2) is 25.1 Å². The van der Waals surface area contributed by atoms with Gasteiger partial charge in [-0.05, 0) is 74.1 Å². The Hall–Kier alpha value is -2.49. The second kappa shape index (κ2) is 9.45.